The van der Waals surface area contributed by atoms with Gasteiger partial charge in [0.1, 0.15) is 5.75 Å². The molecule has 156 valence electrons. The lowest BCUT2D eigenvalue weighted by Gasteiger charge is -2.14. The zero-order chi connectivity index (χ0) is 21.8. The molecule has 0 fully saturated rings. The van der Waals surface area contributed by atoms with Gasteiger partial charge in [-0.15, -0.1) is 0 Å². The average molecular weight is 414 g/mol. The van der Waals surface area contributed by atoms with Crippen molar-refractivity contribution in [2.75, 3.05) is 11.9 Å². The highest BCUT2D eigenvalue weighted by molar-refractivity contribution is 6.21. The molecule has 1 N–H and O–H groups in total. The van der Waals surface area contributed by atoms with Gasteiger partial charge in [0.2, 0.25) is 5.91 Å². The highest BCUT2D eigenvalue weighted by atomic mass is 16.5. The highest BCUT2D eigenvalue weighted by Crippen LogP contribution is 2.29. The number of benzene rings is 3. The lowest BCUT2D eigenvalue weighted by atomic mass is 10.1. The van der Waals surface area contributed by atoms with E-state index in [1.54, 1.807) is 24.3 Å². The Morgan fingerprint density at radius 1 is 0.903 bits per heavy atom. The van der Waals surface area contributed by atoms with Gasteiger partial charge in [0.15, 0.2) is 5.75 Å². The third-order valence-corrected chi connectivity index (χ3v) is 5.04. The Bertz CT molecular complexity index is 1140. The van der Waals surface area contributed by atoms with E-state index in [0.29, 0.717) is 34.7 Å². The number of rotatable bonds is 7. The first-order valence-electron chi connectivity index (χ1n) is 10.1. The lowest BCUT2D eigenvalue weighted by Crippen LogP contribution is -2.31. The Hall–Kier alpha value is -3.93. The molecule has 0 saturated carbocycles. The summed E-state index contributed by atoms with van der Waals surface area (Å²) < 4.78 is 5.86. The van der Waals surface area contributed by atoms with Gasteiger partial charge in [-0.3, -0.25) is 19.3 Å². The van der Waals surface area contributed by atoms with Crippen LogP contribution in [0.1, 0.15) is 39.1 Å². The third-order valence-electron chi connectivity index (χ3n) is 5.04. The number of nitrogens with zero attached hydrogens (tertiary/aromatic N) is 1. The Kier molecular flexibility index (Phi) is 5.80. The van der Waals surface area contributed by atoms with Gasteiger partial charge < -0.3 is 10.1 Å². The normalized spacial score (nSPS) is 12.6. The molecule has 0 unspecified atom stereocenters. The highest BCUT2D eigenvalue weighted by Gasteiger charge is 2.34. The van der Waals surface area contributed by atoms with Crippen LogP contribution in [-0.2, 0) is 4.79 Å². The number of aryl methyl sites for hydroxylation is 1. The molecule has 1 aliphatic heterocycles. The summed E-state index contributed by atoms with van der Waals surface area (Å²) in [5.41, 5.74) is 2.35. The van der Waals surface area contributed by atoms with Crippen LogP contribution in [0.2, 0.25) is 0 Å². The number of nitrogens with one attached hydrogen (secondary N) is 1. The Morgan fingerprint density at radius 3 is 2.42 bits per heavy atom. The molecule has 1 aliphatic rings. The number of para-hydroxylation sites is 3. The van der Waals surface area contributed by atoms with Crippen molar-refractivity contribution in [3.05, 3.63) is 89.5 Å². The minimum absolute atomic E-state index is 0.173. The monoisotopic (exact) mass is 414 g/mol. The number of ether oxygens (including phenoxy) is 1. The molecule has 0 spiro atoms. The summed E-state index contributed by atoms with van der Waals surface area (Å²) in [6.07, 6.45) is 0.546. The number of carbonyl (C=O) groups is 3. The maximum Gasteiger partial charge on any atom is 0.261 e. The van der Waals surface area contributed by atoms with E-state index in [-0.39, 0.29) is 30.7 Å². The molecule has 0 radical (unpaired) electrons. The first-order valence-corrected chi connectivity index (χ1v) is 10.1. The Morgan fingerprint density at radius 2 is 1.61 bits per heavy atom. The van der Waals surface area contributed by atoms with Crippen molar-refractivity contribution < 1.29 is 19.1 Å². The third kappa shape index (κ3) is 4.48. The standard InChI is InChI=1S/C25H22N2O4/c1-17-13-14-19-20(16-17)25(30)27(24(19)29)15-7-12-23(28)26-21-10-5-6-11-22(21)31-18-8-3-2-4-9-18/h2-6,8-11,13-14,16H,7,12,15H2,1H3,(H,26,28). The Labute approximate surface area is 180 Å². The molecule has 4 rings (SSSR count). The second kappa shape index (κ2) is 8.83. The first-order chi connectivity index (χ1) is 15.0. The number of amides is 3. The van der Waals surface area contributed by atoms with Crippen molar-refractivity contribution in [2.45, 2.75) is 19.8 Å². The fraction of sp³-hybridized carbons (Fsp3) is 0.160. The van der Waals surface area contributed by atoms with Crippen molar-refractivity contribution >= 4 is 23.4 Å². The zero-order valence-corrected chi connectivity index (χ0v) is 17.1. The molecule has 6 nitrogen and oxygen atoms in total. The number of hydrogen-bond acceptors (Lipinski definition) is 4. The zero-order valence-electron chi connectivity index (χ0n) is 17.1. The van der Waals surface area contributed by atoms with Gasteiger partial charge in [0.25, 0.3) is 11.8 Å². The minimum Gasteiger partial charge on any atom is -0.455 e. The molecule has 3 aromatic carbocycles. The van der Waals surface area contributed by atoms with Crippen LogP contribution in [0.5, 0.6) is 11.5 Å². The van der Waals surface area contributed by atoms with E-state index >= 15 is 0 Å². The maximum atomic E-state index is 12.5. The molecular formula is C25H22N2O4. The van der Waals surface area contributed by atoms with Gasteiger partial charge in [-0.2, -0.15) is 0 Å². The van der Waals surface area contributed by atoms with E-state index in [2.05, 4.69) is 5.32 Å². The summed E-state index contributed by atoms with van der Waals surface area (Å²) in [5.74, 6) is 0.395. The SMILES string of the molecule is Cc1ccc2c(c1)C(=O)N(CCCC(=O)Nc1ccccc1Oc1ccccc1)C2=O. The van der Waals surface area contributed by atoms with Gasteiger partial charge in [0.05, 0.1) is 16.8 Å². The molecule has 0 atom stereocenters. The number of carbonyl (C=O) groups excluding carboxylic acids is 3. The first kappa shape index (κ1) is 20.3. The van der Waals surface area contributed by atoms with Crippen LogP contribution < -0.4 is 10.1 Å². The van der Waals surface area contributed by atoms with Gasteiger partial charge in [-0.05, 0) is 49.7 Å². The van der Waals surface area contributed by atoms with E-state index in [1.165, 1.54) is 4.90 Å². The molecule has 0 aromatic heterocycles. The molecule has 0 bridgehead atoms. The van der Waals surface area contributed by atoms with Crippen molar-refractivity contribution in [1.82, 2.24) is 4.90 Å². The fourth-order valence-electron chi connectivity index (χ4n) is 3.49. The molecule has 3 aromatic rings. The Balaban J connectivity index is 1.34. The predicted molar refractivity (Wildman–Crippen MR) is 117 cm³/mol. The number of fused-ring (bicyclic) bond motifs is 1. The van der Waals surface area contributed by atoms with Crippen molar-refractivity contribution in [2.24, 2.45) is 0 Å². The van der Waals surface area contributed by atoms with E-state index < -0.39 is 0 Å². The van der Waals surface area contributed by atoms with Crippen LogP contribution in [-0.4, -0.2) is 29.2 Å². The summed E-state index contributed by atoms with van der Waals surface area (Å²) >= 11 is 0. The summed E-state index contributed by atoms with van der Waals surface area (Å²) in [6.45, 7) is 2.07. The lowest BCUT2D eigenvalue weighted by molar-refractivity contribution is -0.116. The number of hydrogen-bond donors (Lipinski definition) is 1. The average Bonchev–Trinajstić information content (AvgIpc) is 3.00. The van der Waals surface area contributed by atoms with Gasteiger partial charge in [0, 0.05) is 13.0 Å². The van der Waals surface area contributed by atoms with Crippen LogP contribution in [0.15, 0.2) is 72.8 Å². The topological polar surface area (TPSA) is 75.7 Å². The molecule has 1 heterocycles. The van der Waals surface area contributed by atoms with E-state index in [4.69, 9.17) is 4.74 Å². The number of imide groups is 1. The second-order valence-corrected chi connectivity index (χ2v) is 7.37. The van der Waals surface area contributed by atoms with Crippen LogP contribution in [0.3, 0.4) is 0 Å². The van der Waals surface area contributed by atoms with E-state index in [0.717, 1.165) is 5.56 Å². The van der Waals surface area contributed by atoms with Crippen LogP contribution in [0.4, 0.5) is 5.69 Å². The minimum atomic E-state index is -0.304. The molecule has 3 amide bonds. The van der Waals surface area contributed by atoms with Crippen molar-refractivity contribution in [1.29, 1.82) is 0 Å². The molecule has 6 heteroatoms. The van der Waals surface area contributed by atoms with Gasteiger partial charge in [-0.1, -0.05) is 42.0 Å². The largest absolute Gasteiger partial charge is 0.455 e. The van der Waals surface area contributed by atoms with Crippen molar-refractivity contribution in [3.63, 3.8) is 0 Å². The van der Waals surface area contributed by atoms with E-state index in [1.807, 2.05) is 55.5 Å². The predicted octanol–water partition coefficient (Wildman–Crippen LogP) is 4.80. The van der Waals surface area contributed by atoms with Gasteiger partial charge in [-0.25, -0.2) is 0 Å². The summed E-state index contributed by atoms with van der Waals surface area (Å²) in [7, 11) is 0. The summed E-state index contributed by atoms with van der Waals surface area (Å²) in [4.78, 5) is 38.7. The van der Waals surface area contributed by atoms with Crippen LogP contribution >= 0.6 is 0 Å². The van der Waals surface area contributed by atoms with Crippen molar-refractivity contribution in [3.8, 4) is 11.5 Å². The molecular weight excluding hydrogens is 392 g/mol. The fourth-order valence-corrected chi connectivity index (χ4v) is 3.49. The van der Waals surface area contributed by atoms with Crippen LogP contribution in [0, 0.1) is 6.92 Å². The quantitative estimate of drug-likeness (QED) is 0.564. The maximum absolute atomic E-state index is 12.5. The summed E-state index contributed by atoms with van der Waals surface area (Å²) in [5, 5.41) is 2.85. The molecule has 0 aliphatic carbocycles. The number of anilines is 1. The van der Waals surface area contributed by atoms with Crippen LogP contribution in [0.25, 0.3) is 0 Å². The smallest absolute Gasteiger partial charge is 0.261 e. The second-order valence-electron chi connectivity index (χ2n) is 7.37. The summed E-state index contributed by atoms with van der Waals surface area (Å²) in [6, 6.07) is 21.7. The molecule has 0 saturated heterocycles. The van der Waals surface area contributed by atoms with Gasteiger partial charge >= 0.3 is 0 Å². The van der Waals surface area contributed by atoms with E-state index in [9.17, 15) is 14.4 Å². The molecule has 31 heavy (non-hydrogen) atoms.